The van der Waals surface area contributed by atoms with Gasteiger partial charge in [0.15, 0.2) is 0 Å². The van der Waals surface area contributed by atoms with Crippen molar-refractivity contribution in [3.63, 3.8) is 0 Å². The first kappa shape index (κ1) is 13.2. The molecule has 2 unspecified atom stereocenters. The van der Waals surface area contributed by atoms with Gasteiger partial charge in [0.2, 0.25) is 0 Å². The Morgan fingerprint density at radius 2 is 2.15 bits per heavy atom. The van der Waals surface area contributed by atoms with Gasteiger partial charge < -0.3 is 15.2 Å². The van der Waals surface area contributed by atoms with Crippen molar-refractivity contribution in [2.45, 2.75) is 31.8 Å². The molecule has 20 heavy (non-hydrogen) atoms. The molecule has 0 saturated carbocycles. The van der Waals surface area contributed by atoms with Gasteiger partial charge in [-0.2, -0.15) is 0 Å². The lowest BCUT2D eigenvalue weighted by Crippen LogP contribution is -2.41. The first-order chi connectivity index (χ1) is 9.65. The van der Waals surface area contributed by atoms with Crippen molar-refractivity contribution in [1.29, 1.82) is 0 Å². The van der Waals surface area contributed by atoms with E-state index < -0.39 is 0 Å². The van der Waals surface area contributed by atoms with E-state index in [1.807, 2.05) is 25.2 Å². The zero-order chi connectivity index (χ0) is 14.1. The van der Waals surface area contributed by atoms with Crippen molar-refractivity contribution >= 4 is 16.6 Å². The molecule has 3 rings (SSSR count). The van der Waals surface area contributed by atoms with Crippen LogP contribution in [0.25, 0.3) is 10.9 Å². The fraction of sp³-hybridized carbons (Fsp3) is 0.438. The summed E-state index contributed by atoms with van der Waals surface area (Å²) in [6, 6.07) is 10.7. The van der Waals surface area contributed by atoms with Crippen LogP contribution in [0.3, 0.4) is 0 Å². The summed E-state index contributed by atoms with van der Waals surface area (Å²) in [5.41, 5.74) is 1.97. The van der Waals surface area contributed by atoms with Gasteiger partial charge in [0.1, 0.15) is 0 Å². The minimum atomic E-state index is 0.0354. The monoisotopic (exact) mass is 271 g/mol. The highest BCUT2D eigenvalue weighted by atomic mass is 16.1. The number of hydrogen-bond donors (Lipinski definition) is 2. The fourth-order valence-corrected chi connectivity index (χ4v) is 3.01. The summed E-state index contributed by atoms with van der Waals surface area (Å²) in [5, 5.41) is 8.13. The second-order valence-corrected chi connectivity index (χ2v) is 5.69. The fourth-order valence-electron chi connectivity index (χ4n) is 3.01. The molecule has 2 heterocycles. The number of benzene rings is 1. The SMILES string of the molecule is CC1CC(Nc2cc(=O)n(C)c3ccccc23)CCN1. The van der Waals surface area contributed by atoms with E-state index in [1.54, 1.807) is 10.6 Å². The Morgan fingerprint density at radius 1 is 1.35 bits per heavy atom. The van der Waals surface area contributed by atoms with Crippen LogP contribution >= 0.6 is 0 Å². The van der Waals surface area contributed by atoms with Crippen molar-refractivity contribution < 1.29 is 0 Å². The van der Waals surface area contributed by atoms with Crippen LogP contribution in [-0.4, -0.2) is 23.2 Å². The van der Waals surface area contributed by atoms with E-state index in [-0.39, 0.29) is 5.56 Å². The van der Waals surface area contributed by atoms with Gasteiger partial charge in [-0.3, -0.25) is 4.79 Å². The van der Waals surface area contributed by atoms with Gasteiger partial charge in [-0.05, 0) is 32.4 Å². The second-order valence-electron chi connectivity index (χ2n) is 5.69. The summed E-state index contributed by atoms with van der Waals surface area (Å²) in [4.78, 5) is 12.1. The summed E-state index contributed by atoms with van der Waals surface area (Å²) in [6.45, 7) is 3.23. The lowest BCUT2D eigenvalue weighted by atomic mass is 10.00. The normalized spacial score (nSPS) is 22.9. The molecule has 4 nitrogen and oxygen atoms in total. The van der Waals surface area contributed by atoms with Gasteiger partial charge in [0.05, 0.1) is 5.52 Å². The van der Waals surface area contributed by atoms with Crippen molar-refractivity contribution in [2.75, 3.05) is 11.9 Å². The number of anilines is 1. The molecule has 106 valence electrons. The number of pyridine rings is 1. The number of rotatable bonds is 2. The number of aryl methyl sites for hydroxylation is 1. The van der Waals surface area contributed by atoms with Crippen molar-refractivity contribution in [3.05, 3.63) is 40.7 Å². The largest absolute Gasteiger partial charge is 0.381 e. The van der Waals surface area contributed by atoms with Gasteiger partial charge >= 0.3 is 0 Å². The molecular formula is C16H21N3O. The van der Waals surface area contributed by atoms with Crippen LogP contribution in [0.5, 0.6) is 0 Å². The summed E-state index contributed by atoms with van der Waals surface area (Å²) in [6.07, 6.45) is 2.18. The van der Waals surface area contributed by atoms with E-state index in [2.05, 4.69) is 23.6 Å². The summed E-state index contributed by atoms with van der Waals surface area (Å²) < 4.78 is 1.70. The van der Waals surface area contributed by atoms with E-state index in [4.69, 9.17) is 0 Å². The topological polar surface area (TPSA) is 46.1 Å². The first-order valence-corrected chi connectivity index (χ1v) is 7.24. The van der Waals surface area contributed by atoms with Gasteiger partial charge in [0, 0.05) is 36.3 Å². The predicted molar refractivity (Wildman–Crippen MR) is 83.3 cm³/mol. The van der Waals surface area contributed by atoms with Crippen LogP contribution in [0.1, 0.15) is 19.8 Å². The maximum atomic E-state index is 12.1. The maximum absolute atomic E-state index is 12.1. The number of para-hydroxylation sites is 1. The standard InChI is InChI=1S/C16H21N3O/c1-11-9-12(7-8-17-11)18-14-10-16(20)19(2)15-6-4-3-5-13(14)15/h3-6,10-12,17-18H,7-9H2,1-2H3. The Kier molecular flexibility index (Phi) is 3.49. The molecule has 0 bridgehead atoms. The molecule has 1 aliphatic heterocycles. The summed E-state index contributed by atoms with van der Waals surface area (Å²) in [7, 11) is 1.82. The summed E-state index contributed by atoms with van der Waals surface area (Å²) in [5.74, 6) is 0. The van der Waals surface area contributed by atoms with Crippen LogP contribution in [0.4, 0.5) is 5.69 Å². The maximum Gasteiger partial charge on any atom is 0.252 e. The van der Waals surface area contributed by atoms with E-state index in [1.165, 1.54) is 0 Å². The van der Waals surface area contributed by atoms with E-state index in [0.717, 1.165) is 36.0 Å². The third kappa shape index (κ3) is 2.43. The zero-order valence-electron chi connectivity index (χ0n) is 12.0. The third-order valence-corrected chi connectivity index (χ3v) is 4.14. The van der Waals surface area contributed by atoms with Crippen LogP contribution in [0, 0.1) is 0 Å². The van der Waals surface area contributed by atoms with Crippen molar-refractivity contribution in [2.24, 2.45) is 7.05 Å². The van der Waals surface area contributed by atoms with Crippen molar-refractivity contribution in [3.8, 4) is 0 Å². The highest BCUT2D eigenvalue weighted by molar-refractivity contribution is 5.91. The Bertz CT molecular complexity index is 677. The highest BCUT2D eigenvalue weighted by Crippen LogP contribution is 2.23. The molecule has 1 saturated heterocycles. The Hall–Kier alpha value is -1.81. The molecule has 0 amide bonds. The molecule has 0 aliphatic carbocycles. The smallest absolute Gasteiger partial charge is 0.252 e. The number of aromatic nitrogens is 1. The Labute approximate surface area is 118 Å². The first-order valence-electron chi connectivity index (χ1n) is 7.24. The molecular weight excluding hydrogens is 250 g/mol. The van der Waals surface area contributed by atoms with E-state index in [9.17, 15) is 4.79 Å². The molecule has 1 fully saturated rings. The van der Waals surface area contributed by atoms with Crippen LogP contribution in [-0.2, 0) is 7.05 Å². The summed E-state index contributed by atoms with van der Waals surface area (Å²) >= 11 is 0. The number of piperidine rings is 1. The number of nitrogens with one attached hydrogen (secondary N) is 2. The second kappa shape index (κ2) is 5.29. The minimum Gasteiger partial charge on any atom is -0.381 e. The van der Waals surface area contributed by atoms with Gasteiger partial charge in [-0.15, -0.1) is 0 Å². The lowest BCUT2D eigenvalue weighted by molar-refractivity contribution is 0.396. The van der Waals surface area contributed by atoms with Crippen LogP contribution < -0.4 is 16.2 Å². The van der Waals surface area contributed by atoms with E-state index >= 15 is 0 Å². The average molecular weight is 271 g/mol. The molecule has 2 atom stereocenters. The molecule has 0 radical (unpaired) electrons. The number of fused-ring (bicyclic) bond motifs is 1. The molecule has 2 N–H and O–H groups in total. The number of nitrogens with zero attached hydrogens (tertiary/aromatic N) is 1. The Morgan fingerprint density at radius 3 is 2.95 bits per heavy atom. The zero-order valence-corrected chi connectivity index (χ0v) is 12.0. The Balaban J connectivity index is 1.99. The molecule has 1 aromatic carbocycles. The molecule has 1 aromatic heterocycles. The predicted octanol–water partition coefficient (Wildman–Crippen LogP) is 2.09. The lowest BCUT2D eigenvalue weighted by Gasteiger charge is -2.29. The van der Waals surface area contributed by atoms with Gasteiger partial charge in [-0.25, -0.2) is 0 Å². The minimum absolute atomic E-state index is 0.0354. The van der Waals surface area contributed by atoms with Gasteiger partial charge in [-0.1, -0.05) is 18.2 Å². The van der Waals surface area contributed by atoms with Gasteiger partial charge in [0.25, 0.3) is 5.56 Å². The molecule has 0 spiro atoms. The molecule has 2 aromatic rings. The third-order valence-electron chi connectivity index (χ3n) is 4.14. The van der Waals surface area contributed by atoms with Crippen LogP contribution in [0.2, 0.25) is 0 Å². The molecule has 1 aliphatic rings. The number of hydrogen-bond acceptors (Lipinski definition) is 3. The average Bonchev–Trinajstić information content (AvgIpc) is 2.45. The van der Waals surface area contributed by atoms with E-state index in [0.29, 0.717) is 12.1 Å². The highest BCUT2D eigenvalue weighted by Gasteiger charge is 2.19. The quantitative estimate of drug-likeness (QED) is 0.879. The van der Waals surface area contributed by atoms with Crippen LogP contribution in [0.15, 0.2) is 35.1 Å². The molecule has 4 heteroatoms. The van der Waals surface area contributed by atoms with Crippen molar-refractivity contribution in [1.82, 2.24) is 9.88 Å².